The van der Waals surface area contributed by atoms with Crippen LogP contribution in [-0.2, 0) is 12.8 Å². The fourth-order valence-corrected chi connectivity index (χ4v) is 3.27. The van der Waals surface area contributed by atoms with E-state index in [0.29, 0.717) is 5.41 Å². The molecular formula is C12H16N2O. The summed E-state index contributed by atoms with van der Waals surface area (Å²) >= 11 is 0. The van der Waals surface area contributed by atoms with Gasteiger partial charge in [0.05, 0.1) is 5.69 Å². The van der Waals surface area contributed by atoms with Crippen LogP contribution < -0.4 is 5.56 Å². The number of aryl methyl sites for hydroxylation is 1. The standard InChI is InChI=1S/C12H16N2O/c15-11-7-9-8-12(4-1-2-5-12)6-3-10(9)13-14-11/h7H,1-6,8H2,(H,14,15). The fourth-order valence-electron chi connectivity index (χ4n) is 3.27. The van der Waals surface area contributed by atoms with Crippen LogP contribution >= 0.6 is 0 Å². The Balaban J connectivity index is 1.97. The van der Waals surface area contributed by atoms with Gasteiger partial charge < -0.3 is 0 Å². The highest BCUT2D eigenvalue weighted by Gasteiger charge is 2.37. The molecule has 0 aliphatic heterocycles. The van der Waals surface area contributed by atoms with E-state index in [1.54, 1.807) is 6.07 Å². The van der Waals surface area contributed by atoms with Gasteiger partial charge in [-0.15, -0.1) is 0 Å². The topological polar surface area (TPSA) is 45.8 Å². The number of hydrogen-bond acceptors (Lipinski definition) is 2. The Morgan fingerprint density at radius 1 is 1.27 bits per heavy atom. The average molecular weight is 204 g/mol. The molecule has 1 heterocycles. The second-order valence-electron chi connectivity index (χ2n) is 5.09. The minimum Gasteiger partial charge on any atom is -0.268 e. The number of nitrogens with one attached hydrogen (secondary N) is 1. The summed E-state index contributed by atoms with van der Waals surface area (Å²) in [6, 6.07) is 1.75. The van der Waals surface area contributed by atoms with Crippen LogP contribution in [0.4, 0.5) is 0 Å². The molecule has 2 aliphatic carbocycles. The lowest BCUT2D eigenvalue weighted by Crippen LogP contribution is -2.28. The quantitative estimate of drug-likeness (QED) is 0.700. The minimum absolute atomic E-state index is 0.0520. The molecule has 15 heavy (non-hydrogen) atoms. The molecule has 80 valence electrons. The molecule has 1 saturated carbocycles. The first-order valence-corrected chi connectivity index (χ1v) is 5.85. The molecule has 2 aliphatic rings. The van der Waals surface area contributed by atoms with Gasteiger partial charge in [0.25, 0.3) is 5.56 Å². The zero-order chi connectivity index (χ0) is 10.3. The van der Waals surface area contributed by atoms with Crippen LogP contribution in [0.3, 0.4) is 0 Å². The normalized spacial score (nSPS) is 22.9. The Hall–Kier alpha value is -1.12. The van der Waals surface area contributed by atoms with E-state index in [2.05, 4.69) is 10.2 Å². The van der Waals surface area contributed by atoms with Crippen molar-refractivity contribution in [2.24, 2.45) is 5.41 Å². The van der Waals surface area contributed by atoms with E-state index in [1.165, 1.54) is 37.7 Å². The third-order valence-electron chi connectivity index (χ3n) is 4.10. The van der Waals surface area contributed by atoms with Crippen molar-refractivity contribution >= 4 is 0 Å². The Bertz CT molecular complexity index is 429. The molecule has 1 aromatic rings. The number of nitrogens with zero attached hydrogens (tertiary/aromatic N) is 1. The van der Waals surface area contributed by atoms with Gasteiger partial charge in [0.1, 0.15) is 0 Å². The van der Waals surface area contributed by atoms with Crippen molar-refractivity contribution in [3.63, 3.8) is 0 Å². The van der Waals surface area contributed by atoms with E-state index in [4.69, 9.17) is 0 Å². The maximum absolute atomic E-state index is 11.2. The predicted octanol–water partition coefficient (Wildman–Crippen LogP) is 1.82. The van der Waals surface area contributed by atoms with E-state index in [9.17, 15) is 4.79 Å². The summed E-state index contributed by atoms with van der Waals surface area (Å²) in [5.41, 5.74) is 2.78. The Morgan fingerprint density at radius 2 is 2.07 bits per heavy atom. The van der Waals surface area contributed by atoms with E-state index in [1.807, 2.05) is 0 Å². The molecule has 1 N–H and O–H groups in total. The summed E-state index contributed by atoms with van der Waals surface area (Å²) < 4.78 is 0. The first kappa shape index (κ1) is 9.13. The number of aromatic amines is 1. The highest BCUT2D eigenvalue weighted by atomic mass is 16.1. The van der Waals surface area contributed by atoms with E-state index in [0.717, 1.165) is 18.5 Å². The van der Waals surface area contributed by atoms with Gasteiger partial charge in [0, 0.05) is 6.07 Å². The van der Waals surface area contributed by atoms with Crippen molar-refractivity contribution in [2.45, 2.75) is 44.9 Å². The molecule has 3 nitrogen and oxygen atoms in total. The summed E-state index contributed by atoms with van der Waals surface area (Å²) in [5, 5.41) is 6.67. The smallest absolute Gasteiger partial charge is 0.264 e. The van der Waals surface area contributed by atoms with Gasteiger partial charge in [0.15, 0.2) is 0 Å². The summed E-state index contributed by atoms with van der Waals surface area (Å²) in [6.07, 6.45) is 8.82. The second-order valence-corrected chi connectivity index (χ2v) is 5.09. The largest absolute Gasteiger partial charge is 0.268 e. The zero-order valence-electron chi connectivity index (χ0n) is 8.88. The molecule has 1 fully saturated rings. The van der Waals surface area contributed by atoms with Gasteiger partial charge >= 0.3 is 0 Å². The lowest BCUT2D eigenvalue weighted by atomic mass is 9.72. The minimum atomic E-state index is -0.0520. The lowest BCUT2D eigenvalue weighted by Gasteiger charge is -2.33. The van der Waals surface area contributed by atoms with Gasteiger partial charge in [-0.2, -0.15) is 5.10 Å². The zero-order valence-corrected chi connectivity index (χ0v) is 8.88. The first-order chi connectivity index (χ1) is 7.27. The van der Waals surface area contributed by atoms with Crippen molar-refractivity contribution in [1.29, 1.82) is 0 Å². The van der Waals surface area contributed by atoms with Gasteiger partial charge in [-0.1, -0.05) is 12.8 Å². The van der Waals surface area contributed by atoms with Crippen LogP contribution in [0, 0.1) is 5.41 Å². The summed E-state index contributed by atoms with van der Waals surface area (Å²) in [5.74, 6) is 0. The van der Waals surface area contributed by atoms with Crippen molar-refractivity contribution in [1.82, 2.24) is 10.2 Å². The molecule has 0 bridgehead atoms. The van der Waals surface area contributed by atoms with Crippen molar-refractivity contribution in [2.75, 3.05) is 0 Å². The van der Waals surface area contributed by atoms with Gasteiger partial charge in [0.2, 0.25) is 0 Å². The maximum atomic E-state index is 11.2. The van der Waals surface area contributed by atoms with Crippen molar-refractivity contribution < 1.29 is 0 Å². The molecule has 0 unspecified atom stereocenters. The molecule has 0 amide bonds. The summed E-state index contributed by atoms with van der Waals surface area (Å²) in [6.45, 7) is 0. The SMILES string of the molecule is O=c1cc2c(n[nH]1)CCC1(CCCC1)C2. The van der Waals surface area contributed by atoms with Gasteiger partial charge in [-0.25, -0.2) is 5.10 Å². The average Bonchev–Trinajstić information content (AvgIpc) is 2.66. The molecule has 0 radical (unpaired) electrons. The second kappa shape index (κ2) is 3.19. The van der Waals surface area contributed by atoms with Crippen LogP contribution in [0.15, 0.2) is 10.9 Å². The van der Waals surface area contributed by atoms with Crippen LogP contribution in [0.25, 0.3) is 0 Å². The van der Waals surface area contributed by atoms with Crippen LogP contribution in [-0.4, -0.2) is 10.2 Å². The fraction of sp³-hybridized carbons (Fsp3) is 0.667. The Kier molecular flexibility index (Phi) is 1.94. The van der Waals surface area contributed by atoms with Crippen molar-refractivity contribution in [3.05, 3.63) is 27.7 Å². The number of rotatable bonds is 0. The highest BCUT2D eigenvalue weighted by Crippen LogP contribution is 2.46. The van der Waals surface area contributed by atoms with Crippen molar-refractivity contribution in [3.8, 4) is 0 Å². The van der Waals surface area contributed by atoms with Crippen LogP contribution in [0.2, 0.25) is 0 Å². The van der Waals surface area contributed by atoms with E-state index in [-0.39, 0.29) is 5.56 Å². The molecule has 3 heteroatoms. The number of H-pyrrole nitrogens is 1. The Morgan fingerprint density at radius 3 is 2.87 bits per heavy atom. The molecule has 0 atom stereocenters. The molecule has 0 saturated heterocycles. The lowest BCUT2D eigenvalue weighted by molar-refractivity contribution is 0.251. The highest BCUT2D eigenvalue weighted by molar-refractivity contribution is 5.23. The maximum Gasteiger partial charge on any atom is 0.264 e. The van der Waals surface area contributed by atoms with E-state index < -0.39 is 0 Å². The van der Waals surface area contributed by atoms with E-state index >= 15 is 0 Å². The Labute approximate surface area is 88.9 Å². The number of fused-ring (bicyclic) bond motifs is 1. The first-order valence-electron chi connectivity index (χ1n) is 5.85. The molecular weight excluding hydrogens is 188 g/mol. The summed E-state index contributed by atoms with van der Waals surface area (Å²) in [7, 11) is 0. The molecule has 1 spiro atoms. The third-order valence-corrected chi connectivity index (χ3v) is 4.10. The number of hydrogen-bond donors (Lipinski definition) is 1. The van der Waals surface area contributed by atoms with Gasteiger partial charge in [-0.05, 0) is 43.1 Å². The number of aromatic nitrogens is 2. The third kappa shape index (κ3) is 1.50. The molecule has 1 aromatic heterocycles. The molecule has 3 rings (SSSR count). The van der Waals surface area contributed by atoms with Gasteiger partial charge in [-0.3, -0.25) is 4.79 Å². The monoisotopic (exact) mass is 204 g/mol. The summed E-state index contributed by atoms with van der Waals surface area (Å²) in [4.78, 5) is 11.2. The van der Waals surface area contributed by atoms with Crippen LogP contribution in [0.5, 0.6) is 0 Å². The predicted molar refractivity (Wildman–Crippen MR) is 57.8 cm³/mol. The van der Waals surface area contributed by atoms with Crippen LogP contribution in [0.1, 0.15) is 43.4 Å². The molecule has 0 aromatic carbocycles.